The van der Waals surface area contributed by atoms with Crippen LogP contribution in [0.5, 0.6) is 0 Å². The van der Waals surface area contributed by atoms with Gasteiger partial charge in [0.15, 0.2) is 8.24 Å². The molecule has 6 nitrogen and oxygen atoms in total. The molecule has 0 N–H and O–H groups in total. The van der Waals surface area contributed by atoms with E-state index in [2.05, 4.69) is 87.2 Å². The SMILES string of the molecule is CC(C)[Si](C(C)C)(C(C)C)n1ncc2cc(N3CCN(C(=O)OC(C)(C)C)Cc4ccccc43)ccc21. The number of para-hydroxylation sites is 1. The molecule has 37 heavy (non-hydrogen) atoms. The van der Waals surface area contributed by atoms with Crippen LogP contribution in [0.2, 0.25) is 16.6 Å². The van der Waals surface area contributed by atoms with Crippen molar-refractivity contribution in [1.82, 2.24) is 14.3 Å². The van der Waals surface area contributed by atoms with Gasteiger partial charge in [-0.1, -0.05) is 59.7 Å². The van der Waals surface area contributed by atoms with Crippen LogP contribution < -0.4 is 4.90 Å². The third kappa shape index (κ3) is 5.02. The first-order valence-corrected chi connectivity index (χ1v) is 15.9. The summed E-state index contributed by atoms with van der Waals surface area (Å²) in [4.78, 5) is 17.1. The number of benzene rings is 2. The normalized spacial score (nSPS) is 15.0. The average molecular weight is 521 g/mol. The molecule has 4 rings (SSSR count). The highest BCUT2D eigenvalue weighted by Crippen LogP contribution is 2.44. The molecule has 0 atom stereocenters. The van der Waals surface area contributed by atoms with Crippen molar-refractivity contribution in [2.24, 2.45) is 0 Å². The number of carbonyl (C=O) groups excluding carboxylic acids is 1. The zero-order valence-electron chi connectivity index (χ0n) is 24.1. The first-order chi connectivity index (χ1) is 17.4. The average Bonchev–Trinajstić information content (AvgIpc) is 3.10. The molecule has 200 valence electrons. The van der Waals surface area contributed by atoms with E-state index in [1.54, 1.807) is 0 Å². The molecular weight excluding hydrogens is 476 g/mol. The summed E-state index contributed by atoms with van der Waals surface area (Å²) in [5.41, 5.74) is 5.81. The Labute approximate surface area is 223 Å². The second-order valence-electron chi connectivity index (χ2n) is 12.3. The molecular formula is C30H44N4O2Si. The molecule has 3 aromatic rings. The minimum atomic E-state index is -1.95. The van der Waals surface area contributed by atoms with E-state index < -0.39 is 13.8 Å². The second-order valence-corrected chi connectivity index (χ2v) is 18.0. The summed E-state index contributed by atoms with van der Waals surface area (Å²) in [6.07, 6.45) is 1.78. The fraction of sp³-hybridized carbons (Fsp3) is 0.533. The minimum absolute atomic E-state index is 0.266. The van der Waals surface area contributed by atoms with Gasteiger partial charge < -0.3 is 14.5 Å². The summed E-state index contributed by atoms with van der Waals surface area (Å²) < 4.78 is 8.12. The highest BCUT2D eigenvalue weighted by Gasteiger charge is 2.47. The van der Waals surface area contributed by atoms with Gasteiger partial charge in [0.1, 0.15) is 5.60 Å². The first-order valence-electron chi connectivity index (χ1n) is 13.7. The van der Waals surface area contributed by atoms with Crippen LogP contribution in [0.1, 0.15) is 67.9 Å². The smallest absolute Gasteiger partial charge is 0.410 e. The Morgan fingerprint density at radius 1 is 0.946 bits per heavy atom. The zero-order valence-corrected chi connectivity index (χ0v) is 25.1. The molecule has 0 radical (unpaired) electrons. The lowest BCUT2D eigenvalue weighted by molar-refractivity contribution is 0.0244. The van der Waals surface area contributed by atoms with Gasteiger partial charge in [0.2, 0.25) is 0 Å². The Bertz CT molecular complexity index is 1240. The van der Waals surface area contributed by atoms with Crippen molar-refractivity contribution in [3.8, 4) is 0 Å². The number of amides is 1. The third-order valence-electron chi connectivity index (χ3n) is 7.89. The van der Waals surface area contributed by atoms with Crippen LogP contribution in [0.3, 0.4) is 0 Å². The predicted molar refractivity (Wildman–Crippen MR) is 156 cm³/mol. The molecule has 2 heterocycles. The lowest BCUT2D eigenvalue weighted by Gasteiger charge is -2.43. The number of carbonyl (C=O) groups is 1. The Hall–Kier alpha value is -2.80. The van der Waals surface area contributed by atoms with E-state index in [0.29, 0.717) is 36.3 Å². The van der Waals surface area contributed by atoms with Crippen molar-refractivity contribution >= 4 is 36.6 Å². The van der Waals surface area contributed by atoms with Crippen LogP contribution in [0.15, 0.2) is 48.7 Å². The number of fused-ring (bicyclic) bond motifs is 2. The number of ether oxygens (including phenoxy) is 1. The van der Waals surface area contributed by atoms with Crippen molar-refractivity contribution < 1.29 is 9.53 Å². The lowest BCUT2D eigenvalue weighted by atomic mass is 10.1. The van der Waals surface area contributed by atoms with E-state index >= 15 is 0 Å². The summed E-state index contributed by atoms with van der Waals surface area (Å²) in [7, 11) is -1.95. The molecule has 1 aromatic heterocycles. The van der Waals surface area contributed by atoms with Gasteiger partial charge in [0.05, 0.1) is 18.3 Å². The fourth-order valence-corrected chi connectivity index (χ4v) is 12.9. The van der Waals surface area contributed by atoms with Gasteiger partial charge in [0, 0.05) is 29.9 Å². The number of rotatable bonds is 5. The van der Waals surface area contributed by atoms with E-state index in [9.17, 15) is 4.79 Å². The van der Waals surface area contributed by atoms with E-state index in [1.165, 1.54) is 10.9 Å². The number of aromatic nitrogens is 2. The topological polar surface area (TPSA) is 50.6 Å². The third-order valence-corrected chi connectivity index (χ3v) is 14.5. The van der Waals surface area contributed by atoms with Crippen LogP contribution in [0, 0.1) is 0 Å². The van der Waals surface area contributed by atoms with Crippen molar-refractivity contribution in [3.63, 3.8) is 0 Å². The highest BCUT2D eigenvalue weighted by atomic mass is 28.3. The van der Waals surface area contributed by atoms with Gasteiger partial charge in [-0.05, 0) is 67.2 Å². The Kier molecular flexibility index (Phi) is 7.48. The van der Waals surface area contributed by atoms with Crippen molar-refractivity contribution in [1.29, 1.82) is 0 Å². The molecule has 0 saturated carbocycles. The molecule has 7 heteroatoms. The molecule has 1 aliphatic rings. The molecule has 1 amide bonds. The van der Waals surface area contributed by atoms with E-state index in [1.807, 2.05) is 37.9 Å². The van der Waals surface area contributed by atoms with Crippen LogP contribution >= 0.6 is 0 Å². The molecule has 1 aliphatic heterocycles. The number of hydrogen-bond acceptors (Lipinski definition) is 4. The molecule has 2 aromatic carbocycles. The van der Waals surface area contributed by atoms with Gasteiger partial charge in [-0.15, -0.1) is 0 Å². The van der Waals surface area contributed by atoms with E-state index in [0.717, 1.165) is 16.9 Å². The maximum absolute atomic E-state index is 12.9. The highest BCUT2D eigenvalue weighted by molar-refractivity contribution is 6.82. The summed E-state index contributed by atoms with van der Waals surface area (Å²) >= 11 is 0. The quantitative estimate of drug-likeness (QED) is 0.320. The number of anilines is 2. The summed E-state index contributed by atoms with van der Waals surface area (Å²) in [6, 6.07) is 15.1. The first kappa shape index (κ1) is 27.2. The lowest BCUT2D eigenvalue weighted by Crippen LogP contribution is -2.52. The maximum Gasteiger partial charge on any atom is 0.410 e. The summed E-state index contributed by atoms with van der Waals surface area (Å²) in [6.45, 7) is 21.8. The molecule has 0 unspecified atom stereocenters. The Morgan fingerprint density at radius 2 is 1.59 bits per heavy atom. The van der Waals surface area contributed by atoms with Gasteiger partial charge in [-0.2, -0.15) is 5.10 Å². The van der Waals surface area contributed by atoms with Crippen molar-refractivity contribution in [2.75, 3.05) is 18.0 Å². The Morgan fingerprint density at radius 3 is 2.22 bits per heavy atom. The fourth-order valence-electron chi connectivity index (χ4n) is 6.51. The Balaban J connectivity index is 1.73. The number of nitrogens with zero attached hydrogens (tertiary/aromatic N) is 4. The molecule has 0 spiro atoms. The predicted octanol–water partition coefficient (Wildman–Crippen LogP) is 7.95. The number of hydrogen-bond donors (Lipinski definition) is 0. The van der Waals surface area contributed by atoms with Gasteiger partial charge in [0.25, 0.3) is 0 Å². The van der Waals surface area contributed by atoms with Crippen LogP contribution in [0.25, 0.3) is 10.9 Å². The van der Waals surface area contributed by atoms with Crippen molar-refractivity contribution in [3.05, 3.63) is 54.2 Å². The molecule has 0 bridgehead atoms. The van der Waals surface area contributed by atoms with Crippen LogP contribution in [0.4, 0.5) is 16.2 Å². The summed E-state index contributed by atoms with van der Waals surface area (Å²) in [5.74, 6) is 0. The molecule has 0 aliphatic carbocycles. The summed E-state index contributed by atoms with van der Waals surface area (Å²) in [5, 5.41) is 6.21. The molecule has 0 fully saturated rings. The minimum Gasteiger partial charge on any atom is -0.444 e. The van der Waals surface area contributed by atoms with E-state index in [-0.39, 0.29) is 6.09 Å². The van der Waals surface area contributed by atoms with Crippen LogP contribution in [-0.2, 0) is 11.3 Å². The van der Waals surface area contributed by atoms with E-state index in [4.69, 9.17) is 9.84 Å². The standard InChI is InChI=1S/C30H44N4O2Si/c1-21(2)37(22(3)4,23(5)6)34-28-15-14-26(18-25(28)19-31-34)33-17-16-32(29(35)36-30(7,8)9)20-24-12-10-11-13-27(24)33/h10-15,18-19,21-23H,16-17,20H2,1-9H3. The monoisotopic (exact) mass is 520 g/mol. The van der Waals surface area contributed by atoms with Crippen molar-refractivity contribution in [2.45, 2.75) is 91.1 Å². The zero-order chi connectivity index (χ0) is 27.1. The second kappa shape index (κ2) is 10.2. The maximum atomic E-state index is 12.9. The van der Waals surface area contributed by atoms with Gasteiger partial charge >= 0.3 is 6.09 Å². The molecule has 0 saturated heterocycles. The van der Waals surface area contributed by atoms with Gasteiger partial charge in [-0.3, -0.25) is 4.35 Å². The van der Waals surface area contributed by atoms with Gasteiger partial charge in [-0.25, -0.2) is 4.79 Å². The van der Waals surface area contributed by atoms with Crippen LogP contribution in [-0.4, -0.2) is 47.4 Å². The largest absolute Gasteiger partial charge is 0.444 e.